The average Bonchev–Trinajstić information content (AvgIpc) is 2.46. The van der Waals surface area contributed by atoms with Crippen LogP contribution in [0.1, 0.15) is 18.1 Å². The molecule has 1 heterocycles. The molecule has 0 fully saturated rings. The van der Waals surface area contributed by atoms with Gasteiger partial charge >= 0.3 is 6.01 Å². The van der Waals surface area contributed by atoms with E-state index in [1.54, 1.807) is 25.4 Å². The van der Waals surface area contributed by atoms with Crippen molar-refractivity contribution in [3.63, 3.8) is 0 Å². The first kappa shape index (κ1) is 14.9. The summed E-state index contributed by atoms with van der Waals surface area (Å²) in [7, 11) is 0. The van der Waals surface area contributed by atoms with Gasteiger partial charge in [-0.05, 0) is 25.6 Å². The van der Waals surface area contributed by atoms with Gasteiger partial charge in [-0.2, -0.15) is 0 Å². The van der Waals surface area contributed by atoms with Gasteiger partial charge in [-0.1, -0.05) is 6.92 Å². The Morgan fingerprint density at radius 2 is 2.05 bits per heavy atom. The fourth-order valence-corrected chi connectivity index (χ4v) is 1.76. The second-order valence-electron chi connectivity index (χ2n) is 4.46. The van der Waals surface area contributed by atoms with Crippen molar-refractivity contribution in [3.8, 4) is 11.8 Å². The standard InChI is InChI=1S/C14H16N4O3/c1-3-15-7-11-8-16-14(17-9-11)21-12-4-5-13(18(19)20)10(2)6-12/h4-6,8-9,15H,3,7H2,1-2H3. The molecular weight excluding hydrogens is 272 g/mol. The van der Waals surface area contributed by atoms with Crippen molar-refractivity contribution in [1.82, 2.24) is 15.3 Å². The molecule has 0 spiro atoms. The van der Waals surface area contributed by atoms with E-state index in [2.05, 4.69) is 15.3 Å². The zero-order chi connectivity index (χ0) is 15.2. The Morgan fingerprint density at radius 3 is 2.62 bits per heavy atom. The summed E-state index contributed by atoms with van der Waals surface area (Å²) in [5.41, 5.74) is 1.55. The van der Waals surface area contributed by atoms with Gasteiger partial charge in [0.15, 0.2) is 0 Å². The first-order valence-corrected chi connectivity index (χ1v) is 6.54. The molecule has 2 aromatic rings. The van der Waals surface area contributed by atoms with Crippen LogP contribution in [0.3, 0.4) is 0 Å². The van der Waals surface area contributed by atoms with Gasteiger partial charge in [0.2, 0.25) is 0 Å². The third-order valence-corrected chi connectivity index (χ3v) is 2.83. The molecule has 7 nitrogen and oxygen atoms in total. The number of rotatable bonds is 6. The maximum Gasteiger partial charge on any atom is 0.321 e. The van der Waals surface area contributed by atoms with Crippen LogP contribution in [0.2, 0.25) is 0 Å². The molecule has 0 aliphatic carbocycles. The third-order valence-electron chi connectivity index (χ3n) is 2.83. The van der Waals surface area contributed by atoms with E-state index in [0.717, 1.165) is 12.1 Å². The summed E-state index contributed by atoms with van der Waals surface area (Å²) in [5, 5.41) is 13.9. The van der Waals surface area contributed by atoms with Crippen molar-refractivity contribution < 1.29 is 9.66 Å². The molecule has 1 N–H and O–H groups in total. The molecule has 2 rings (SSSR count). The highest BCUT2D eigenvalue weighted by atomic mass is 16.6. The summed E-state index contributed by atoms with van der Waals surface area (Å²) in [4.78, 5) is 18.5. The van der Waals surface area contributed by atoms with Crippen LogP contribution in [0.15, 0.2) is 30.6 Å². The highest BCUT2D eigenvalue weighted by Gasteiger charge is 2.11. The average molecular weight is 288 g/mol. The molecule has 0 aliphatic heterocycles. The number of nitro benzene ring substituents is 1. The lowest BCUT2D eigenvalue weighted by molar-refractivity contribution is -0.385. The van der Waals surface area contributed by atoms with Crippen LogP contribution in [0.5, 0.6) is 11.8 Å². The van der Waals surface area contributed by atoms with Crippen molar-refractivity contribution in [2.75, 3.05) is 6.54 Å². The van der Waals surface area contributed by atoms with Gasteiger partial charge in [-0.15, -0.1) is 0 Å². The molecule has 110 valence electrons. The molecule has 0 aliphatic rings. The van der Waals surface area contributed by atoms with Crippen molar-refractivity contribution in [2.24, 2.45) is 0 Å². The summed E-state index contributed by atoms with van der Waals surface area (Å²) >= 11 is 0. The van der Waals surface area contributed by atoms with Crippen molar-refractivity contribution in [2.45, 2.75) is 20.4 Å². The quantitative estimate of drug-likeness (QED) is 0.649. The van der Waals surface area contributed by atoms with Gasteiger partial charge in [0, 0.05) is 36.1 Å². The minimum atomic E-state index is -0.425. The monoisotopic (exact) mass is 288 g/mol. The number of nitro groups is 1. The SMILES string of the molecule is CCNCc1cnc(Oc2ccc([N+](=O)[O-])c(C)c2)nc1. The van der Waals surface area contributed by atoms with E-state index in [-0.39, 0.29) is 11.7 Å². The predicted octanol–water partition coefficient (Wildman–Crippen LogP) is 2.60. The highest BCUT2D eigenvalue weighted by Crippen LogP contribution is 2.25. The largest absolute Gasteiger partial charge is 0.424 e. The Bertz CT molecular complexity index is 629. The van der Waals surface area contributed by atoms with Crippen LogP contribution in [0, 0.1) is 17.0 Å². The van der Waals surface area contributed by atoms with E-state index in [0.29, 0.717) is 17.9 Å². The van der Waals surface area contributed by atoms with E-state index in [9.17, 15) is 10.1 Å². The number of nitrogens with one attached hydrogen (secondary N) is 1. The Hall–Kier alpha value is -2.54. The first-order valence-electron chi connectivity index (χ1n) is 6.54. The van der Waals surface area contributed by atoms with Crippen LogP contribution in [0.25, 0.3) is 0 Å². The van der Waals surface area contributed by atoms with Crippen molar-refractivity contribution in [1.29, 1.82) is 0 Å². The van der Waals surface area contributed by atoms with E-state index in [1.165, 1.54) is 12.1 Å². The van der Waals surface area contributed by atoms with Gasteiger partial charge < -0.3 is 10.1 Å². The van der Waals surface area contributed by atoms with Gasteiger partial charge in [0.25, 0.3) is 5.69 Å². The molecular formula is C14H16N4O3. The summed E-state index contributed by atoms with van der Waals surface area (Å²) in [6.45, 7) is 5.26. The van der Waals surface area contributed by atoms with Gasteiger partial charge in [0.1, 0.15) is 5.75 Å². The summed E-state index contributed by atoms with van der Waals surface area (Å²) < 4.78 is 5.49. The molecule has 0 saturated heterocycles. The number of hydrogen-bond donors (Lipinski definition) is 1. The number of ether oxygens (including phenoxy) is 1. The van der Waals surface area contributed by atoms with E-state index >= 15 is 0 Å². The number of hydrogen-bond acceptors (Lipinski definition) is 6. The first-order chi connectivity index (χ1) is 10.1. The van der Waals surface area contributed by atoms with Gasteiger partial charge in [-0.3, -0.25) is 10.1 Å². The van der Waals surface area contributed by atoms with E-state index in [1.807, 2.05) is 6.92 Å². The number of benzene rings is 1. The van der Waals surface area contributed by atoms with Crippen molar-refractivity contribution >= 4 is 5.69 Å². The topological polar surface area (TPSA) is 90.2 Å². The third kappa shape index (κ3) is 3.96. The molecule has 0 amide bonds. The number of aromatic nitrogens is 2. The maximum absolute atomic E-state index is 10.7. The Labute approximate surface area is 122 Å². The molecule has 0 unspecified atom stereocenters. The number of aryl methyl sites for hydroxylation is 1. The fraction of sp³-hybridized carbons (Fsp3) is 0.286. The predicted molar refractivity (Wildman–Crippen MR) is 77.3 cm³/mol. The van der Waals surface area contributed by atoms with Gasteiger partial charge in [-0.25, -0.2) is 9.97 Å². The second kappa shape index (κ2) is 6.76. The molecule has 1 aromatic heterocycles. The maximum atomic E-state index is 10.7. The minimum Gasteiger partial charge on any atom is -0.424 e. The molecule has 0 bridgehead atoms. The van der Waals surface area contributed by atoms with Crippen LogP contribution in [-0.2, 0) is 6.54 Å². The minimum absolute atomic E-state index is 0.0595. The molecule has 7 heteroatoms. The van der Waals surface area contributed by atoms with Crippen LogP contribution in [0.4, 0.5) is 5.69 Å². The zero-order valence-electron chi connectivity index (χ0n) is 11.9. The highest BCUT2D eigenvalue weighted by molar-refractivity contribution is 5.44. The van der Waals surface area contributed by atoms with Crippen LogP contribution in [-0.4, -0.2) is 21.4 Å². The lowest BCUT2D eigenvalue weighted by Crippen LogP contribution is -2.12. The van der Waals surface area contributed by atoms with Crippen molar-refractivity contribution in [3.05, 3.63) is 51.8 Å². The number of nitrogens with zero attached hydrogens (tertiary/aromatic N) is 3. The summed E-state index contributed by atoms with van der Waals surface area (Å²) in [5.74, 6) is 0.470. The molecule has 0 saturated carbocycles. The lowest BCUT2D eigenvalue weighted by atomic mass is 10.2. The lowest BCUT2D eigenvalue weighted by Gasteiger charge is -2.06. The molecule has 0 atom stereocenters. The van der Waals surface area contributed by atoms with E-state index in [4.69, 9.17) is 4.74 Å². The fourth-order valence-electron chi connectivity index (χ4n) is 1.76. The Kier molecular flexibility index (Phi) is 4.78. The molecule has 0 radical (unpaired) electrons. The van der Waals surface area contributed by atoms with E-state index < -0.39 is 4.92 Å². The second-order valence-corrected chi connectivity index (χ2v) is 4.46. The molecule has 21 heavy (non-hydrogen) atoms. The summed E-state index contributed by atoms with van der Waals surface area (Å²) in [6.07, 6.45) is 3.37. The van der Waals surface area contributed by atoms with Crippen LogP contribution < -0.4 is 10.1 Å². The summed E-state index contributed by atoms with van der Waals surface area (Å²) in [6, 6.07) is 4.74. The molecule has 1 aromatic carbocycles. The Balaban J connectivity index is 2.07. The smallest absolute Gasteiger partial charge is 0.321 e. The Morgan fingerprint density at radius 1 is 1.33 bits per heavy atom. The van der Waals surface area contributed by atoms with Gasteiger partial charge in [0.05, 0.1) is 4.92 Å². The normalized spacial score (nSPS) is 10.4. The zero-order valence-corrected chi connectivity index (χ0v) is 11.9. The van der Waals surface area contributed by atoms with Crippen LogP contribution >= 0.6 is 0 Å².